The fraction of sp³-hybridized carbons (Fsp3) is 0.357. The zero-order chi connectivity index (χ0) is 14.0. The van der Waals surface area contributed by atoms with Gasteiger partial charge in [0.05, 0.1) is 5.69 Å². The maximum atomic E-state index is 13.6. The Morgan fingerprint density at radius 2 is 2.05 bits per heavy atom. The zero-order valence-corrected chi connectivity index (χ0v) is 11.2. The Kier molecular flexibility index (Phi) is 3.95. The van der Waals surface area contributed by atoms with Gasteiger partial charge in [0.1, 0.15) is 11.6 Å². The largest absolute Gasteiger partial charge is 0.306 e. The molecule has 0 bridgehead atoms. The number of H-pyrrole nitrogens is 1. The van der Waals surface area contributed by atoms with Gasteiger partial charge in [0.25, 0.3) is 0 Å². The highest BCUT2D eigenvalue weighted by molar-refractivity contribution is 5.25. The Morgan fingerprint density at radius 3 is 2.63 bits per heavy atom. The van der Waals surface area contributed by atoms with Gasteiger partial charge in [0.2, 0.25) is 0 Å². The van der Waals surface area contributed by atoms with Crippen LogP contribution in [0, 0.1) is 25.5 Å². The second-order valence-corrected chi connectivity index (χ2v) is 4.68. The van der Waals surface area contributed by atoms with E-state index in [1.54, 1.807) is 0 Å². The van der Waals surface area contributed by atoms with Crippen molar-refractivity contribution in [3.8, 4) is 0 Å². The van der Waals surface area contributed by atoms with Crippen LogP contribution in [0.4, 0.5) is 8.78 Å². The molecular formula is C14H17F2N3. The predicted octanol–water partition coefficient (Wildman–Crippen LogP) is 3.16. The minimum atomic E-state index is -0.560. The molecule has 0 aliphatic heterocycles. The van der Waals surface area contributed by atoms with Crippen molar-refractivity contribution in [2.45, 2.75) is 33.4 Å². The number of aromatic amines is 1. The minimum Gasteiger partial charge on any atom is -0.306 e. The fourth-order valence-electron chi connectivity index (χ4n) is 2.05. The molecule has 1 atom stereocenters. The van der Waals surface area contributed by atoms with Crippen molar-refractivity contribution in [1.29, 1.82) is 0 Å². The minimum absolute atomic E-state index is 0.200. The number of rotatable bonds is 4. The van der Waals surface area contributed by atoms with E-state index in [1.165, 1.54) is 12.1 Å². The Bertz CT molecular complexity index is 559. The molecule has 0 saturated carbocycles. The topological polar surface area (TPSA) is 40.7 Å². The second-order valence-electron chi connectivity index (χ2n) is 4.68. The molecule has 1 aromatic carbocycles. The summed E-state index contributed by atoms with van der Waals surface area (Å²) < 4.78 is 26.5. The summed E-state index contributed by atoms with van der Waals surface area (Å²) >= 11 is 0. The Labute approximate surface area is 111 Å². The number of benzene rings is 1. The first-order chi connectivity index (χ1) is 8.99. The average Bonchev–Trinajstić information content (AvgIpc) is 2.66. The van der Waals surface area contributed by atoms with Crippen LogP contribution in [0.5, 0.6) is 0 Å². The van der Waals surface area contributed by atoms with Crippen molar-refractivity contribution in [2.24, 2.45) is 0 Å². The molecule has 1 unspecified atom stereocenters. The van der Waals surface area contributed by atoms with Crippen molar-refractivity contribution in [1.82, 2.24) is 15.5 Å². The lowest BCUT2D eigenvalue weighted by molar-refractivity contribution is 0.517. The normalized spacial score (nSPS) is 12.7. The third kappa shape index (κ3) is 2.98. The average molecular weight is 265 g/mol. The number of aryl methyl sites for hydroxylation is 2. The van der Waals surface area contributed by atoms with Crippen LogP contribution in [-0.2, 0) is 6.54 Å². The maximum Gasteiger partial charge on any atom is 0.130 e. The van der Waals surface area contributed by atoms with E-state index in [1.807, 2.05) is 20.8 Å². The van der Waals surface area contributed by atoms with Gasteiger partial charge in [-0.25, -0.2) is 8.78 Å². The van der Waals surface area contributed by atoms with Gasteiger partial charge in [-0.1, -0.05) is 6.07 Å². The zero-order valence-electron chi connectivity index (χ0n) is 11.2. The van der Waals surface area contributed by atoms with E-state index in [4.69, 9.17) is 0 Å². The Balaban J connectivity index is 2.07. The van der Waals surface area contributed by atoms with E-state index in [0.29, 0.717) is 12.1 Å². The first kappa shape index (κ1) is 13.7. The number of halogens is 2. The van der Waals surface area contributed by atoms with Crippen LogP contribution in [-0.4, -0.2) is 10.2 Å². The van der Waals surface area contributed by atoms with E-state index in [9.17, 15) is 8.78 Å². The van der Waals surface area contributed by atoms with Gasteiger partial charge in [-0.2, -0.15) is 5.10 Å². The monoisotopic (exact) mass is 265 g/mol. The molecule has 2 rings (SSSR count). The molecule has 0 aliphatic carbocycles. The molecule has 2 N–H and O–H groups in total. The molecule has 0 radical (unpaired) electrons. The Morgan fingerprint density at radius 1 is 1.32 bits per heavy atom. The van der Waals surface area contributed by atoms with Crippen LogP contribution < -0.4 is 5.32 Å². The van der Waals surface area contributed by atoms with Gasteiger partial charge in [-0.3, -0.25) is 5.10 Å². The molecule has 3 nitrogen and oxygen atoms in total. The van der Waals surface area contributed by atoms with Crippen LogP contribution in [0.2, 0.25) is 0 Å². The molecule has 1 aromatic heterocycles. The van der Waals surface area contributed by atoms with Gasteiger partial charge in [0.15, 0.2) is 0 Å². The number of hydrogen-bond donors (Lipinski definition) is 2. The van der Waals surface area contributed by atoms with Gasteiger partial charge >= 0.3 is 0 Å². The summed E-state index contributed by atoms with van der Waals surface area (Å²) in [6, 6.07) is 3.44. The molecule has 5 heteroatoms. The number of hydrogen-bond acceptors (Lipinski definition) is 2. The summed E-state index contributed by atoms with van der Waals surface area (Å²) in [5.41, 5.74) is 3.46. The van der Waals surface area contributed by atoms with E-state index >= 15 is 0 Å². The van der Waals surface area contributed by atoms with Gasteiger partial charge in [0, 0.05) is 35.5 Å². The van der Waals surface area contributed by atoms with Gasteiger partial charge in [-0.05, 0) is 26.8 Å². The molecule has 0 amide bonds. The van der Waals surface area contributed by atoms with Crippen LogP contribution in [0.15, 0.2) is 18.2 Å². The molecule has 0 spiro atoms. The van der Waals surface area contributed by atoms with Gasteiger partial charge in [-0.15, -0.1) is 0 Å². The third-order valence-corrected chi connectivity index (χ3v) is 3.29. The summed E-state index contributed by atoms with van der Waals surface area (Å²) in [6.07, 6.45) is 0. The van der Waals surface area contributed by atoms with Crippen molar-refractivity contribution in [2.75, 3.05) is 0 Å². The van der Waals surface area contributed by atoms with Gasteiger partial charge < -0.3 is 5.32 Å². The predicted molar refractivity (Wildman–Crippen MR) is 69.7 cm³/mol. The van der Waals surface area contributed by atoms with Crippen molar-refractivity contribution >= 4 is 0 Å². The highest BCUT2D eigenvalue weighted by Gasteiger charge is 2.13. The molecular weight excluding hydrogens is 248 g/mol. The molecule has 0 aliphatic rings. The summed E-state index contributed by atoms with van der Waals surface area (Å²) in [5.74, 6) is -1.09. The fourth-order valence-corrected chi connectivity index (χ4v) is 2.05. The molecule has 19 heavy (non-hydrogen) atoms. The lowest BCUT2D eigenvalue weighted by atomic mass is 10.1. The SMILES string of the molecule is Cc1n[nH]c(C)c1CNC(C)c1ccc(F)cc1F. The quantitative estimate of drug-likeness (QED) is 0.891. The molecule has 102 valence electrons. The van der Waals surface area contributed by atoms with E-state index in [2.05, 4.69) is 15.5 Å². The van der Waals surface area contributed by atoms with E-state index < -0.39 is 11.6 Å². The highest BCUT2D eigenvalue weighted by Crippen LogP contribution is 2.19. The first-order valence-corrected chi connectivity index (χ1v) is 6.18. The second kappa shape index (κ2) is 5.48. The van der Waals surface area contributed by atoms with E-state index in [-0.39, 0.29) is 6.04 Å². The first-order valence-electron chi connectivity index (χ1n) is 6.18. The number of nitrogens with one attached hydrogen (secondary N) is 2. The van der Waals surface area contributed by atoms with Crippen LogP contribution in [0.3, 0.4) is 0 Å². The lowest BCUT2D eigenvalue weighted by Crippen LogP contribution is -2.19. The summed E-state index contributed by atoms with van der Waals surface area (Å²) in [7, 11) is 0. The van der Waals surface area contributed by atoms with Crippen LogP contribution in [0.25, 0.3) is 0 Å². The van der Waals surface area contributed by atoms with Crippen molar-refractivity contribution in [3.05, 3.63) is 52.3 Å². The van der Waals surface area contributed by atoms with E-state index in [0.717, 1.165) is 23.0 Å². The van der Waals surface area contributed by atoms with Crippen LogP contribution >= 0.6 is 0 Å². The summed E-state index contributed by atoms with van der Waals surface area (Å²) in [6.45, 7) is 6.30. The molecule has 0 saturated heterocycles. The Hall–Kier alpha value is -1.75. The standard InChI is InChI=1S/C14H17F2N3/c1-8(12-5-4-11(15)6-14(12)16)17-7-13-9(2)18-19-10(13)3/h4-6,8,17H,7H2,1-3H3,(H,18,19). The maximum absolute atomic E-state index is 13.6. The lowest BCUT2D eigenvalue weighted by Gasteiger charge is -2.15. The van der Waals surface area contributed by atoms with Crippen molar-refractivity contribution in [3.63, 3.8) is 0 Å². The van der Waals surface area contributed by atoms with Crippen molar-refractivity contribution < 1.29 is 8.78 Å². The highest BCUT2D eigenvalue weighted by atomic mass is 19.1. The smallest absolute Gasteiger partial charge is 0.130 e. The molecule has 2 aromatic rings. The molecule has 0 fully saturated rings. The number of nitrogens with zero attached hydrogens (tertiary/aromatic N) is 1. The molecule has 1 heterocycles. The number of aromatic nitrogens is 2. The van der Waals surface area contributed by atoms with Crippen LogP contribution in [0.1, 0.15) is 35.5 Å². The third-order valence-electron chi connectivity index (χ3n) is 3.29. The summed E-state index contributed by atoms with van der Waals surface area (Å²) in [5, 5.41) is 10.2. The summed E-state index contributed by atoms with van der Waals surface area (Å²) in [4.78, 5) is 0.